The Kier molecular flexibility index (Phi) is 5.67. The topological polar surface area (TPSA) is 24.5 Å². The Morgan fingerprint density at radius 3 is 2.79 bits per heavy atom. The summed E-state index contributed by atoms with van der Waals surface area (Å²) in [6.07, 6.45) is 2.61. The minimum Gasteiger partial charge on any atom is -0.496 e. The highest BCUT2D eigenvalue weighted by molar-refractivity contribution is 9.10. The van der Waals surface area contributed by atoms with E-state index in [-0.39, 0.29) is 0 Å². The first-order valence-corrected chi connectivity index (χ1v) is 7.70. The molecule has 2 rings (SSSR count). The van der Waals surface area contributed by atoms with Crippen molar-refractivity contribution in [2.75, 3.05) is 33.8 Å². The maximum atomic E-state index is 5.41. The molecule has 1 aliphatic heterocycles. The fraction of sp³-hybridized carbons (Fsp3) is 0.600. The van der Waals surface area contributed by atoms with Gasteiger partial charge in [-0.05, 0) is 57.6 Å². The summed E-state index contributed by atoms with van der Waals surface area (Å²) >= 11 is 3.47. The predicted molar refractivity (Wildman–Crippen MR) is 82.6 cm³/mol. The normalized spacial score (nSPS) is 17.6. The molecule has 1 aromatic rings. The molecule has 0 aromatic heterocycles. The second kappa shape index (κ2) is 7.27. The van der Waals surface area contributed by atoms with Gasteiger partial charge in [-0.2, -0.15) is 0 Å². The summed E-state index contributed by atoms with van der Waals surface area (Å²) in [4.78, 5) is 2.41. The lowest BCUT2D eigenvalue weighted by atomic mass is 9.97. The largest absolute Gasteiger partial charge is 0.496 e. The molecule has 0 aliphatic carbocycles. The third-order valence-electron chi connectivity index (χ3n) is 3.84. The van der Waals surface area contributed by atoms with Gasteiger partial charge in [-0.1, -0.05) is 22.0 Å². The number of nitrogens with zero attached hydrogens (tertiary/aromatic N) is 1. The van der Waals surface area contributed by atoms with Crippen molar-refractivity contribution >= 4 is 15.9 Å². The first-order valence-electron chi connectivity index (χ1n) is 6.90. The average molecular weight is 327 g/mol. The van der Waals surface area contributed by atoms with Crippen LogP contribution in [0.5, 0.6) is 5.75 Å². The molecule has 1 aromatic carbocycles. The van der Waals surface area contributed by atoms with E-state index in [2.05, 4.69) is 45.3 Å². The van der Waals surface area contributed by atoms with E-state index >= 15 is 0 Å². The number of hydrogen-bond donors (Lipinski definition) is 1. The maximum absolute atomic E-state index is 5.41. The van der Waals surface area contributed by atoms with E-state index in [1.54, 1.807) is 7.11 Å². The second-order valence-electron chi connectivity index (χ2n) is 5.33. The highest BCUT2D eigenvalue weighted by Crippen LogP contribution is 2.23. The van der Waals surface area contributed by atoms with Crippen molar-refractivity contribution in [2.45, 2.75) is 19.4 Å². The number of likely N-dealkylation sites (tertiary alicyclic amines) is 1. The Hall–Kier alpha value is -0.580. The molecular formula is C15H23BrN2O. The van der Waals surface area contributed by atoms with Crippen LogP contribution in [0, 0.1) is 5.92 Å². The second-order valence-corrected chi connectivity index (χ2v) is 6.25. The molecule has 0 unspecified atom stereocenters. The van der Waals surface area contributed by atoms with Crippen molar-refractivity contribution in [3.8, 4) is 5.75 Å². The molecule has 0 radical (unpaired) electrons. The van der Waals surface area contributed by atoms with Gasteiger partial charge in [-0.3, -0.25) is 0 Å². The van der Waals surface area contributed by atoms with Gasteiger partial charge in [-0.15, -0.1) is 0 Å². The maximum Gasteiger partial charge on any atom is 0.124 e. The third-order valence-corrected chi connectivity index (χ3v) is 4.33. The SMILES string of the molecule is COc1cc(Br)ccc1CNCC1CCN(C)CC1. The van der Waals surface area contributed by atoms with Gasteiger partial charge in [-0.25, -0.2) is 0 Å². The number of piperidine rings is 1. The third kappa shape index (κ3) is 4.48. The minimum atomic E-state index is 0.817. The molecule has 1 fully saturated rings. The predicted octanol–water partition coefficient (Wildman–Crippen LogP) is 2.89. The van der Waals surface area contributed by atoms with Gasteiger partial charge in [0.15, 0.2) is 0 Å². The fourth-order valence-corrected chi connectivity index (χ4v) is 2.88. The lowest BCUT2D eigenvalue weighted by Gasteiger charge is -2.29. The number of halogens is 1. The van der Waals surface area contributed by atoms with E-state index in [9.17, 15) is 0 Å². The molecule has 3 nitrogen and oxygen atoms in total. The summed E-state index contributed by atoms with van der Waals surface area (Å²) in [7, 11) is 3.93. The molecule has 0 bridgehead atoms. The van der Waals surface area contributed by atoms with E-state index in [1.165, 1.54) is 31.5 Å². The van der Waals surface area contributed by atoms with Crippen molar-refractivity contribution in [1.82, 2.24) is 10.2 Å². The van der Waals surface area contributed by atoms with Crippen LogP contribution >= 0.6 is 15.9 Å². The Morgan fingerprint density at radius 2 is 2.11 bits per heavy atom. The quantitative estimate of drug-likeness (QED) is 0.900. The van der Waals surface area contributed by atoms with E-state index in [1.807, 2.05) is 6.07 Å². The van der Waals surface area contributed by atoms with Crippen LogP contribution in [0.1, 0.15) is 18.4 Å². The fourth-order valence-electron chi connectivity index (χ4n) is 2.54. The Bertz CT molecular complexity index is 403. The lowest BCUT2D eigenvalue weighted by molar-refractivity contribution is 0.216. The molecule has 19 heavy (non-hydrogen) atoms. The molecule has 1 aliphatic rings. The summed E-state index contributed by atoms with van der Waals surface area (Å²) in [6, 6.07) is 6.20. The summed E-state index contributed by atoms with van der Waals surface area (Å²) in [5.74, 6) is 1.77. The first-order chi connectivity index (χ1) is 9.19. The van der Waals surface area contributed by atoms with Crippen molar-refractivity contribution < 1.29 is 4.74 Å². The molecule has 0 amide bonds. The summed E-state index contributed by atoms with van der Waals surface area (Å²) < 4.78 is 6.46. The summed E-state index contributed by atoms with van der Waals surface area (Å²) in [5, 5.41) is 3.57. The Balaban J connectivity index is 1.79. The minimum absolute atomic E-state index is 0.817. The van der Waals surface area contributed by atoms with Gasteiger partial charge in [0.2, 0.25) is 0 Å². The van der Waals surface area contributed by atoms with Crippen molar-refractivity contribution in [3.05, 3.63) is 28.2 Å². The van der Waals surface area contributed by atoms with Gasteiger partial charge in [0.1, 0.15) is 5.75 Å². The smallest absolute Gasteiger partial charge is 0.124 e. The number of nitrogens with one attached hydrogen (secondary N) is 1. The van der Waals surface area contributed by atoms with Crippen LogP contribution in [-0.2, 0) is 6.54 Å². The number of methoxy groups -OCH3 is 1. The molecule has 4 heteroatoms. The zero-order valence-electron chi connectivity index (χ0n) is 11.8. The lowest BCUT2D eigenvalue weighted by Crippen LogP contribution is -2.34. The molecule has 0 spiro atoms. The molecule has 0 atom stereocenters. The van der Waals surface area contributed by atoms with Crippen LogP contribution < -0.4 is 10.1 Å². The van der Waals surface area contributed by atoms with Gasteiger partial charge >= 0.3 is 0 Å². The highest BCUT2D eigenvalue weighted by atomic mass is 79.9. The standard InChI is InChI=1S/C15H23BrN2O/c1-18-7-5-12(6-8-18)10-17-11-13-3-4-14(16)9-15(13)19-2/h3-4,9,12,17H,5-8,10-11H2,1-2H3. The van der Waals surface area contributed by atoms with Crippen molar-refractivity contribution in [3.63, 3.8) is 0 Å². The zero-order chi connectivity index (χ0) is 13.7. The van der Waals surface area contributed by atoms with E-state index in [0.717, 1.165) is 29.2 Å². The van der Waals surface area contributed by atoms with E-state index < -0.39 is 0 Å². The highest BCUT2D eigenvalue weighted by Gasteiger charge is 2.16. The monoisotopic (exact) mass is 326 g/mol. The molecule has 0 saturated carbocycles. The van der Waals surface area contributed by atoms with Crippen LogP contribution in [0.4, 0.5) is 0 Å². The number of ether oxygens (including phenoxy) is 1. The van der Waals surface area contributed by atoms with Crippen LogP contribution in [0.2, 0.25) is 0 Å². The van der Waals surface area contributed by atoms with Gasteiger partial charge in [0.25, 0.3) is 0 Å². The molecular weight excluding hydrogens is 304 g/mol. The van der Waals surface area contributed by atoms with Gasteiger partial charge in [0.05, 0.1) is 7.11 Å². The van der Waals surface area contributed by atoms with Gasteiger partial charge < -0.3 is 15.0 Å². The van der Waals surface area contributed by atoms with Crippen molar-refractivity contribution in [2.24, 2.45) is 5.92 Å². The first kappa shape index (κ1) is 14.8. The number of hydrogen-bond acceptors (Lipinski definition) is 3. The van der Waals surface area contributed by atoms with Gasteiger partial charge in [0, 0.05) is 16.6 Å². The molecule has 106 valence electrons. The number of benzene rings is 1. The van der Waals surface area contributed by atoms with E-state index in [0.29, 0.717) is 0 Å². The Morgan fingerprint density at radius 1 is 1.37 bits per heavy atom. The van der Waals surface area contributed by atoms with Crippen LogP contribution in [0.15, 0.2) is 22.7 Å². The number of rotatable bonds is 5. The summed E-state index contributed by atoms with van der Waals surface area (Å²) in [6.45, 7) is 4.44. The van der Waals surface area contributed by atoms with Crippen LogP contribution in [-0.4, -0.2) is 38.7 Å². The average Bonchev–Trinajstić information content (AvgIpc) is 2.42. The van der Waals surface area contributed by atoms with Crippen LogP contribution in [0.3, 0.4) is 0 Å². The van der Waals surface area contributed by atoms with Crippen LogP contribution in [0.25, 0.3) is 0 Å². The molecule has 1 N–H and O–H groups in total. The zero-order valence-corrected chi connectivity index (χ0v) is 13.4. The van der Waals surface area contributed by atoms with E-state index in [4.69, 9.17) is 4.74 Å². The van der Waals surface area contributed by atoms with Crippen molar-refractivity contribution in [1.29, 1.82) is 0 Å². The summed E-state index contributed by atoms with van der Waals surface area (Å²) in [5.41, 5.74) is 1.22. The molecule has 1 heterocycles. The Labute approximate surface area is 124 Å². The molecule has 1 saturated heterocycles.